The number of likely N-dealkylation sites (tertiary alicyclic amines) is 2. The largest absolute Gasteiger partial charge is 0.444 e. The first-order valence-electron chi connectivity index (χ1n) is 11.3. The number of piperidine rings is 1. The fourth-order valence-corrected chi connectivity index (χ4v) is 5.42. The van der Waals surface area contributed by atoms with Gasteiger partial charge < -0.3 is 19.1 Å². The number of benzene rings is 1. The third kappa shape index (κ3) is 3.18. The minimum Gasteiger partial charge on any atom is -0.444 e. The molecule has 2 amide bonds. The summed E-state index contributed by atoms with van der Waals surface area (Å²) in [5.74, 6) is -3.12. The van der Waals surface area contributed by atoms with Crippen LogP contribution in [0.15, 0.2) is 24.3 Å². The minimum atomic E-state index is -2.94. The fourth-order valence-electron chi connectivity index (χ4n) is 5.42. The Morgan fingerprint density at radius 3 is 2.44 bits per heavy atom. The average Bonchev–Trinajstić information content (AvgIpc) is 3.25. The van der Waals surface area contributed by atoms with Gasteiger partial charge in [0, 0.05) is 55.7 Å². The molecule has 6 nitrogen and oxygen atoms in total. The predicted molar refractivity (Wildman–Crippen MR) is 116 cm³/mol. The van der Waals surface area contributed by atoms with E-state index in [4.69, 9.17) is 4.74 Å². The topological polar surface area (TPSA) is 54.8 Å². The first kappa shape index (κ1) is 21.2. The van der Waals surface area contributed by atoms with Crippen LogP contribution in [0.1, 0.15) is 49.7 Å². The quantitative estimate of drug-likeness (QED) is 0.658. The van der Waals surface area contributed by atoms with Crippen molar-refractivity contribution in [1.82, 2.24) is 14.4 Å². The molecule has 2 aromatic rings. The highest BCUT2D eigenvalue weighted by molar-refractivity contribution is 6.09. The van der Waals surface area contributed by atoms with Crippen LogP contribution in [0.5, 0.6) is 0 Å². The standard InChI is InChI=1S/C24H29F2N3O3/c1-22(2,3)32-21(31)27-12-10-24(25,26)23(13-27)14-28(15-23)20(30)19-16-7-4-5-8-17(16)29-11-6-9-18(19)29/h4-5,7-8H,6,9-15H2,1-3H3. The molecule has 0 bridgehead atoms. The van der Waals surface area contributed by atoms with E-state index in [2.05, 4.69) is 4.57 Å². The van der Waals surface area contributed by atoms with Crippen LogP contribution in [0.25, 0.3) is 10.9 Å². The molecule has 1 aromatic carbocycles. The van der Waals surface area contributed by atoms with Crippen LogP contribution in [0.3, 0.4) is 0 Å². The number of fused-ring (bicyclic) bond motifs is 3. The third-order valence-corrected chi connectivity index (χ3v) is 6.98. The van der Waals surface area contributed by atoms with Crippen LogP contribution in [-0.4, -0.2) is 64.1 Å². The molecule has 0 unspecified atom stereocenters. The van der Waals surface area contributed by atoms with Gasteiger partial charge in [-0.25, -0.2) is 13.6 Å². The smallest absolute Gasteiger partial charge is 0.410 e. The van der Waals surface area contributed by atoms with Crippen molar-refractivity contribution < 1.29 is 23.1 Å². The Labute approximate surface area is 186 Å². The van der Waals surface area contributed by atoms with Gasteiger partial charge in [0.25, 0.3) is 11.8 Å². The van der Waals surface area contributed by atoms with Gasteiger partial charge in [-0.15, -0.1) is 0 Å². The van der Waals surface area contributed by atoms with Crippen molar-refractivity contribution in [2.75, 3.05) is 26.2 Å². The molecule has 0 saturated carbocycles. The second-order valence-corrected chi connectivity index (χ2v) is 10.4. The van der Waals surface area contributed by atoms with E-state index in [1.807, 2.05) is 24.3 Å². The first-order chi connectivity index (χ1) is 15.0. The van der Waals surface area contributed by atoms with Crippen LogP contribution in [0, 0.1) is 5.41 Å². The average molecular weight is 446 g/mol. The molecule has 2 fully saturated rings. The molecule has 8 heteroatoms. The molecule has 4 heterocycles. The summed E-state index contributed by atoms with van der Waals surface area (Å²) in [7, 11) is 0. The van der Waals surface area contributed by atoms with Gasteiger partial charge in [-0.2, -0.15) is 0 Å². The first-order valence-corrected chi connectivity index (χ1v) is 11.3. The zero-order valence-corrected chi connectivity index (χ0v) is 18.8. The predicted octanol–water partition coefficient (Wildman–Crippen LogP) is 4.31. The molecule has 0 N–H and O–H groups in total. The van der Waals surface area contributed by atoms with E-state index in [9.17, 15) is 9.59 Å². The van der Waals surface area contributed by atoms with E-state index in [1.54, 1.807) is 20.8 Å². The molecule has 1 spiro atoms. The van der Waals surface area contributed by atoms with Gasteiger partial charge >= 0.3 is 6.09 Å². The van der Waals surface area contributed by atoms with Crippen molar-refractivity contribution in [2.24, 2.45) is 5.41 Å². The Morgan fingerprint density at radius 1 is 1.03 bits per heavy atom. The van der Waals surface area contributed by atoms with Gasteiger partial charge in [0.15, 0.2) is 0 Å². The number of aryl methyl sites for hydroxylation is 1. The fraction of sp³-hybridized carbons (Fsp3) is 0.583. The third-order valence-electron chi connectivity index (χ3n) is 6.98. The zero-order chi connectivity index (χ0) is 22.9. The van der Waals surface area contributed by atoms with E-state index < -0.39 is 29.5 Å². The number of ether oxygens (including phenoxy) is 1. The number of alkyl halides is 2. The number of carbonyl (C=O) groups is 2. The van der Waals surface area contributed by atoms with Crippen molar-refractivity contribution >= 4 is 22.9 Å². The molecule has 2 saturated heterocycles. The number of halogens is 2. The second-order valence-electron chi connectivity index (χ2n) is 10.4. The summed E-state index contributed by atoms with van der Waals surface area (Å²) in [5.41, 5.74) is 0.566. The van der Waals surface area contributed by atoms with Crippen LogP contribution < -0.4 is 0 Å². The molecule has 172 valence electrons. The maximum atomic E-state index is 15.0. The lowest BCUT2D eigenvalue weighted by atomic mass is 9.70. The highest BCUT2D eigenvalue weighted by Gasteiger charge is 2.64. The molecule has 0 atom stereocenters. The number of rotatable bonds is 1. The Kier molecular flexibility index (Phi) is 4.59. The van der Waals surface area contributed by atoms with Gasteiger partial charge in [0.2, 0.25) is 0 Å². The zero-order valence-electron chi connectivity index (χ0n) is 18.8. The molecule has 0 radical (unpaired) electrons. The maximum absolute atomic E-state index is 15.0. The Morgan fingerprint density at radius 2 is 1.72 bits per heavy atom. The molecule has 5 rings (SSSR count). The number of hydrogen-bond acceptors (Lipinski definition) is 3. The maximum Gasteiger partial charge on any atom is 0.410 e. The summed E-state index contributed by atoms with van der Waals surface area (Å²) in [6.07, 6.45) is 0.803. The number of aromatic nitrogens is 1. The van der Waals surface area contributed by atoms with Crippen LogP contribution in [0.2, 0.25) is 0 Å². The summed E-state index contributed by atoms with van der Waals surface area (Å²) in [4.78, 5) is 28.9. The number of nitrogens with zero attached hydrogens (tertiary/aromatic N) is 3. The molecule has 1 aromatic heterocycles. The van der Waals surface area contributed by atoms with Crippen LogP contribution in [-0.2, 0) is 17.7 Å². The highest BCUT2D eigenvalue weighted by Crippen LogP contribution is 2.50. The van der Waals surface area contributed by atoms with Crippen molar-refractivity contribution in [3.8, 4) is 0 Å². The molecular formula is C24H29F2N3O3. The monoisotopic (exact) mass is 445 g/mol. The summed E-state index contributed by atoms with van der Waals surface area (Å²) in [6.45, 7) is 5.86. The molecular weight excluding hydrogens is 416 g/mol. The molecule has 3 aliphatic rings. The van der Waals surface area contributed by atoms with E-state index in [0.29, 0.717) is 5.56 Å². The van der Waals surface area contributed by atoms with Gasteiger partial charge in [-0.1, -0.05) is 18.2 Å². The SMILES string of the molecule is CC(C)(C)OC(=O)N1CCC(F)(F)C2(C1)CN(C(=O)c1c3n(c4ccccc14)CCC3)C2. The minimum absolute atomic E-state index is 0.0464. The number of carbonyl (C=O) groups excluding carboxylic acids is 2. The van der Waals surface area contributed by atoms with Crippen molar-refractivity contribution in [3.05, 3.63) is 35.5 Å². The van der Waals surface area contributed by atoms with Crippen LogP contribution in [0.4, 0.5) is 13.6 Å². The molecule has 3 aliphatic heterocycles. The molecule has 0 aliphatic carbocycles. The summed E-state index contributed by atoms with van der Waals surface area (Å²) < 4.78 is 37.6. The second kappa shape index (κ2) is 6.93. The van der Waals surface area contributed by atoms with Crippen molar-refractivity contribution in [3.63, 3.8) is 0 Å². The number of hydrogen-bond donors (Lipinski definition) is 0. The van der Waals surface area contributed by atoms with Gasteiger partial charge in [0.1, 0.15) is 5.60 Å². The van der Waals surface area contributed by atoms with E-state index in [1.165, 1.54) is 9.80 Å². The lowest BCUT2D eigenvalue weighted by molar-refractivity contribution is -0.211. The Hall–Kier alpha value is -2.64. The summed E-state index contributed by atoms with van der Waals surface area (Å²) in [6, 6.07) is 7.80. The van der Waals surface area contributed by atoms with Gasteiger partial charge in [0.05, 0.1) is 11.0 Å². The lowest BCUT2D eigenvalue weighted by Gasteiger charge is -2.57. The van der Waals surface area contributed by atoms with E-state index in [-0.39, 0.29) is 32.1 Å². The summed E-state index contributed by atoms with van der Waals surface area (Å²) >= 11 is 0. The summed E-state index contributed by atoms with van der Waals surface area (Å²) in [5, 5.41) is 0.888. The van der Waals surface area contributed by atoms with Crippen LogP contribution >= 0.6 is 0 Å². The number of amides is 2. The van der Waals surface area contributed by atoms with E-state index in [0.717, 1.165) is 36.0 Å². The van der Waals surface area contributed by atoms with Gasteiger partial charge in [-0.3, -0.25) is 4.79 Å². The number of para-hydroxylation sites is 1. The van der Waals surface area contributed by atoms with Crippen molar-refractivity contribution in [1.29, 1.82) is 0 Å². The Bertz CT molecular complexity index is 1100. The lowest BCUT2D eigenvalue weighted by Crippen LogP contribution is -2.72. The van der Waals surface area contributed by atoms with Gasteiger partial charge in [-0.05, 0) is 39.7 Å². The van der Waals surface area contributed by atoms with E-state index >= 15 is 8.78 Å². The normalized spacial score (nSPS) is 21.5. The Balaban J connectivity index is 1.38. The molecule has 32 heavy (non-hydrogen) atoms. The van der Waals surface area contributed by atoms with Crippen molar-refractivity contribution in [2.45, 2.75) is 58.1 Å². The highest BCUT2D eigenvalue weighted by atomic mass is 19.3.